The lowest BCUT2D eigenvalue weighted by atomic mass is 10.1. The Balaban J connectivity index is 1.61. The zero-order chi connectivity index (χ0) is 18.4. The molecule has 0 saturated carbocycles. The molecule has 0 bridgehead atoms. The van der Waals surface area contributed by atoms with Gasteiger partial charge in [0.2, 0.25) is 5.91 Å². The lowest BCUT2D eigenvalue weighted by Gasteiger charge is -2.49. The van der Waals surface area contributed by atoms with Gasteiger partial charge in [-0.05, 0) is 0 Å². The van der Waals surface area contributed by atoms with Crippen molar-refractivity contribution in [3.8, 4) is 11.3 Å². The van der Waals surface area contributed by atoms with Gasteiger partial charge in [0.25, 0.3) is 0 Å². The van der Waals surface area contributed by atoms with Crippen LogP contribution in [0.4, 0.5) is 0 Å². The van der Waals surface area contributed by atoms with Gasteiger partial charge in [-0.3, -0.25) is 9.69 Å². The number of aryl methyl sites for hydroxylation is 1. The second kappa shape index (κ2) is 6.69. The summed E-state index contributed by atoms with van der Waals surface area (Å²) in [5.41, 5.74) is 7.49. The normalized spacial score (nSPS) is 22.2. The average Bonchev–Trinajstić information content (AvgIpc) is 3.09. The van der Waals surface area contributed by atoms with E-state index in [1.54, 1.807) is 0 Å². The fraction of sp³-hybridized carbons (Fsp3) is 0.250. The molecule has 7 nitrogen and oxygen atoms in total. The fourth-order valence-corrected chi connectivity index (χ4v) is 6.17. The first-order valence-corrected chi connectivity index (χ1v) is 10.4. The molecule has 1 fully saturated rings. The first-order chi connectivity index (χ1) is 12.5. The number of nitrogens with two attached hydrogens (primary N) is 1. The quantitative estimate of drug-likeness (QED) is 0.560. The summed E-state index contributed by atoms with van der Waals surface area (Å²) < 4.78 is 2.66. The lowest BCUT2D eigenvalue weighted by molar-refractivity contribution is -0.671. The Kier molecular flexibility index (Phi) is 4.51. The number of carboxylic acids is 1. The highest BCUT2D eigenvalue weighted by Crippen LogP contribution is 2.45. The molecule has 2 aromatic heterocycles. The number of aromatic nitrogens is 2. The molecule has 1 saturated heterocycles. The molecule has 10 heteroatoms. The number of thioether (sulfide) groups is 2. The predicted molar refractivity (Wildman–Crippen MR) is 97.7 cm³/mol. The number of carboxylic acid groups (broad SMARTS) is 1. The van der Waals surface area contributed by atoms with Crippen LogP contribution in [0.5, 0.6) is 0 Å². The summed E-state index contributed by atoms with van der Waals surface area (Å²) in [6.07, 6.45) is 3.88. The number of carbonyl (C=O) groups is 2. The van der Waals surface area contributed by atoms with Crippen LogP contribution in [0.15, 0.2) is 44.8 Å². The van der Waals surface area contributed by atoms with Crippen LogP contribution in [0.2, 0.25) is 0 Å². The van der Waals surface area contributed by atoms with Crippen LogP contribution in [0.3, 0.4) is 0 Å². The number of hydrogen-bond acceptors (Lipinski definition) is 8. The van der Waals surface area contributed by atoms with E-state index in [1.807, 2.05) is 41.5 Å². The number of aliphatic carboxylic acids is 1. The number of carbonyl (C=O) groups excluding carboxylic acids is 2. The molecule has 2 aliphatic heterocycles. The van der Waals surface area contributed by atoms with E-state index < -0.39 is 12.0 Å². The first-order valence-electron chi connectivity index (χ1n) is 7.69. The Morgan fingerprint density at radius 1 is 1.46 bits per heavy atom. The second-order valence-corrected chi connectivity index (χ2v) is 9.15. The van der Waals surface area contributed by atoms with Crippen LogP contribution in [0.1, 0.15) is 0 Å². The number of amides is 1. The topological polar surface area (TPSA) is 103 Å². The summed E-state index contributed by atoms with van der Waals surface area (Å²) in [6, 6.07) is 3.29. The van der Waals surface area contributed by atoms with Crippen molar-refractivity contribution in [2.24, 2.45) is 12.8 Å². The van der Waals surface area contributed by atoms with Crippen LogP contribution < -0.4 is 15.4 Å². The highest BCUT2D eigenvalue weighted by Gasteiger charge is 2.50. The molecule has 1 amide bonds. The molecule has 0 radical (unpaired) electrons. The van der Waals surface area contributed by atoms with Gasteiger partial charge in [-0.15, -0.1) is 23.1 Å². The number of β-lactam (4-membered cyclic amide) rings is 1. The molecule has 2 atom stereocenters. The minimum atomic E-state index is -1.36. The average molecular weight is 407 g/mol. The summed E-state index contributed by atoms with van der Waals surface area (Å²) in [5, 5.41) is 13.2. The minimum Gasteiger partial charge on any atom is -0.543 e. The summed E-state index contributed by atoms with van der Waals surface area (Å²) in [4.78, 5) is 30.0. The summed E-state index contributed by atoms with van der Waals surface area (Å²) in [6.45, 7) is 0. The van der Waals surface area contributed by atoms with Gasteiger partial charge < -0.3 is 15.6 Å². The molecule has 0 spiro atoms. The highest BCUT2D eigenvalue weighted by atomic mass is 32.2. The smallest absolute Gasteiger partial charge is 0.248 e. The van der Waals surface area contributed by atoms with Crippen molar-refractivity contribution < 1.29 is 19.3 Å². The lowest BCUT2D eigenvalue weighted by Crippen LogP contribution is -2.69. The van der Waals surface area contributed by atoms with Crippen molar-refractivity contribution in [2.45, 2.75) is 15.8 Å². The summed E-state index contributed by atoms with van der Waals surface area (Å²) >= 11 is 4.17. The van der Waals surface area contributed by atoms with Gasteiger partial charge in [0.1, 0.15) is 18.5 Å². The number of rotatable bonds is 4. The fourth-order valence-electron chi connectivity index (χ4n) is 2.77. The van der Waals surface area contributed by atoms with E-state index in [2.05, 4.69) is 4.98 Å². The van der Waals surface area contributed by atoms with Crippen LogP contribution in [0, 0.1) is 0 Å². The molecule has 0 aromatic carbocycles. The van der Waals surface area contributed by atoms with Gasteiger partial charge >= 0.3 is 0 Å². The Bertz CT molecular complexity index is 925. The molecular weight excluding hydrogens is 392 g/mol. The second-order valence-electron chi connectivity index (χ2n) is 5.85. The van der Waals surface area contributed by atoms with Gasteiger partial charge in [0.15, 0.2) is 16.7 Å². The number of nitrogens with zero attached hydrogens (tertiary/aromatic N) is 3. The number of hydrogen-bond donors (Lipinski definition) is 1. The number of thiazole rings is 1. The van der Waals surface area contributed by atoms with E-state index in [4.69, 9.17) is 5.73 Å². The SMILES string of the molecule is C[n+]1ccc(-c2csc(SC3=C(C(=O)[O-])N4C(=O)[C@@H](N)[C@H]4SC3)n2)cc1. The molecule has 2 N–H and O–H groups in total. The van der Waals surface area contributed by atoms with E-state index in [1.165, 1.54) is 39.8 Å². The van der Waals surface area contributed by atoms with E-state index >= 15 is 0 Å². The Labute approximate surface area is 161 Å². The maximum atomic E-state index is 12.0. The van der Waals surface area contributed by atoms with Gasteiger partial charge in [-0.1, -0.05) is 11.8 Å². The van der Waals surface area contributed by atoms with Crippen molar-refractivity contribution in [1.29, 1.82) is 0 Å². The maximum absolute atomic E-state index is 12.0. The maximum Gasteiger partial charge on any atom is 0.248 e. The monoisotopic (exact) mass is 406 g/mol. The molecule has 4 heterocycles. The van der Waals surface area contributed by atoms with Crippen LogP contribution in [-0.2, 0) is 16.6 Å². The van der Waals surface area contributed by atoms with Gasteiger partial charge in [-0.25, -0.2) is 9.55 Å². The van der Waals surface area contributed by atoms with E-state index in [-0.39, 0.29) is 17.0 Å². The molecular formula is C16H14N4O3S3. The van der Waals surface area contributed by atoms with Gasteiger partial charge in [-0.2, -0.15) is 0 Å². The van der Waals surface area contributed by atoms with E-state index in [0.29, 0.717) is 10.7 Å². The Morgan fingerprint density at radius 2 is 2.19 bits per heavy atom. The van der Waals surface area contributed by atoms with Crippen LogP contribution >= 0.6 is 34.9 Å². The Morgan fingerprint density at radius 3 is 2.88 bits per heavy atom. The van der Waals surface area contributed by atoms with Gasteiger partial charge in [0, 0.05) is 33.7 Å². The third-order valence-corrected chi connectivity index (χ3v) is 7.64. The number of fused-ring (bicyclic) bond motifs is 1. The molecule has 2 aliphatic rings. The Hall–Kier alpha value is -1.88. The standard InChI is InChI=1S/C16H14N4O3S3/c1-19-4-2-8(3-5-19)9-6-25-16(18-9)26-10-7-24-14-11(17)13(21)20(14)12(10)15(22)23/h2-6,11,14H,7,17H2,1H3/t11-,14-/m1/s1. The van der Waals surface area contributed by atoms with Crippen LogP contribution in [-0.4, -0.2) is 38.9 Å². The molecule has 2 aromatic rings. The summed E-state index contributed by atoms with van der Waals surface area (Å²) in [7, 11) is 1.94. The zero-order valence-corrected chi connectivity index (χ0v) is 16.1. The minimum absolute atomic E-state index is 0.0751. The number of pyridine rings is 1. The molecule has 134 valence electrons. The largest absolute Gasteiger partial charge is 0.543 e. The third kappa shape index (κ3) is 2.92. The summed E-state index contributed by atoms with van der Waals surface area (Å²) in [5.74, 6) is -1.27. The first kappa shape index (κ1) is 17.5. The van der Waals surface area contributed by atoms with Crippen molar-refractivity contribution in [3.05, 3.63) is 40.5 Å². The van der Waals surface area contributed by atoms with Crippen molar-refractivity contribution in [2.75, 3.05) is 5.75 Å². The van der Waals surface area contributed by atoms with Crippen molar-refractivity contribution in [1.82, 2.24) is 9.88 Å². The van der Waals surface area contributed by atoms with Crippen molar-refractivity contribution in [3.63, 3.8) is 0 Å². The highest BCUT2D eigenvalue weighted by molar-refractivity contribution is 8.07. The van der Waals surface area contributed by atoms with E-state index in [0.717, 1.165) is 15.6 Å². The molecule has 26 heavy (non-hydrogen) atoms. The molecule has 0 unspecified atom stereocenters. The zero-order valence-electron chi connectivity index (χ0n) is 13.6. The van der Waals surface area contributed by atoms with E-state index in [9.17, 15) is 14.7 Å². The van der Waals surface area contributed by atoms with Gasteiger partial charge in [0.05, 0.1) is 17.4 Å². The third-order valence-electron chi connectivity index (χ3n) is 4.14. The van der Waals surface area contributed by atoms with Crippen LogP contribution in [0.25, 0.3) is 11.3 Å². The van der Waals surface area contributed by atoms with Crippen molar-refractivity contribution >= 4 is 46.7 Å². The molecule has 4 rings (SSSR count). The molecule has 0 aliphatic carbocycles. The predicted octanol–water partition coefficient (Wildman–Crippen LogP) is -0.0694.